The number of benzene rings is 1. The monoisotopic (exact) mass is 271 g/mol. The van der Waals surface area contributed by atoms with Crippen molar-refractivity contribution in [2.75, 3.05) is 5.73 Å². The van der Waals surface area contributed by atoms with E-state index in [2.05, 4.69) is 15.3 Å². The van der Waals surface area contributed by atoms with Gasteiger partial charge in [0.2, 0.25) is 5.91 Å². The summed E-state index contributed by atoms with van der Waals surface area (Å²) in [5.41, 5.74) is 12.0. The number of nitrogens with zero attached hydrogens (tertiary/aromatic N) is 2. The van der Waals surface area contributed by atoms with Crippen LogP contribution < -0.4 is 16.8 Å². The molecule has 1 heterocycles. The van der Waals surface area contributed by atoms with Gasteiger partial charge in [0, 0.05) is 24.5 Å². The van der Waals surface area contributed by atoms with Crippen LogP contribution in [0.5, 0.6) is 0 Å². The SMILES string of the molecule is NC(=O)c1ccc(CNC(=O)c2nccnc2N)cc1. The van der Waals surface area contributed by atoms with Gasteiger partial charge in [0.25, 0.3) is 5.91 Å². The van der Waals surface area contributed by atoms with E-state index in [-0.39, 0.29) is 18.1 Å². The molecule has 0 saturated carbocycles. The normalized spacial score (nSPS) is 10.0. The lowest BCUT2D eigenvalue weighted by atomic mass is 10.1. The topological polar surface area (TPSA) is 124 Å². The van der Waals surface area contributed by atoms with Crippen molar-refractivity contribution in [2.24, 2.45) is 5.73 Å². The van der Waals surface area contributed by atoms with E-state index in [0.29, 0.717) is 5.56 Å². The largest absolute Gasteiger partial charge is 0.382 e. The van der Waals surface area contributed by atoms with Gasteiger partial charge < -0.3 is 16.8 Å². The maximum absolute atomic E-state index is 11.8. The van der Waals surface area contributed by atoms with Crippen molar-refractivity contribution in [2.45, 2.75) is 6.54 Å². The maximum Gasteiger partial charge on any atom is 0.273 e. The molecule has 2 rings (SSSR count). The zero-order valence-corrected chi connectivity index (χ0v) is 10.5. The summed E-state index contributed by atoms with van der Waals surface area (Å²) in [6.45, 7) is 0.286. The number of carbonyl (C=O) groups excluding carboxylic acids is 2. The molecule has 0 bridgehead atoms. The van der Waals surface area contributed by atoms with Crippen LogP contribution in [0, 0.1) is 0 Å². The van der Waals surface area contributed by atoms with Gasteiger partial charge >= 0.3 is 0 Å². The van der Waals surface area contributed by atoms with Crippen LogP contribution in [0.4, 0.5) is 5.82 Å². The second kappa shape index (κ2) is 5.79. The van der Waals surface area contributed by atoms with Crippen molar-refractivity contribution < 1.29 is 9.59 Å². The Balaban J connectivity index is 2.00. The summed E-state index contributed by atoms with van der Waals surface area (Å²) in [6, 6.07) is 6.61. The molecule has 2 aromatic rings. The predicted octanol–water partition coefficient (Wildman–Crippen LogP) is 0.0877. The van der Waals surface area contributed by atoms with Crippen molar-refractivity contribution in [3.05, 3.63) is 53.5 Å². The van der Waals surface area contributed by atoms with Crippen molar-refractivity contribution in [1.29, 1.82) is 0 Å². The van der Waals surface area contributed by atoms with E-state index in [9.17, 15) is 9.59 Å². The number of aromatic nitrogens is 2. The van der Waals surface area contributed by atoms with Crippen LogP contribution in [-0.4, -0.2) is 21.8 Å². The highest BCUT2D eigenvalue weighted by molar-refractivity contribution is 5.96. The second-order valence-corrected chi connectivity index (χ2v) is 4.03. The van der Waals surface area contributed by atoms with Gasteiger partial charge in [-0.1, -0.05) is 12.1 Å². The lowest BCUT2D eigenvalue weighted by Gasteiger charge is -2.06. The molecular formula is C13H13N5O2. The number of nitrogen functional groups attached to an aromatic ring is 1. The lowest BCUT2D eigenvalue weighted by Crippen LogP contribution is -2.25. The summed E-state index contributed by atoms with van der Waals surface area (Å²) < 4.78 is 0. The van der Waals surface area contributed by atoms with Gasteiger partial charge in [-0.15, -0.1) is 0 Å². The Bertz CT molecular complexity index is 639. The fourth-order valence-electron chi connectivity index (χ4n) is 1.58. The molecule has 102 valence electrons. The molecule has 0 radical (unpaired) electrons. The minimum absolute atomic E-state index is 0.0778. The third-order valence-corrected chi connectivity index (χ3v) is 2.63. The first kappa shape index (κ1) is 13.5. The van der Waals surface area contributed by atoms with Gasteiger partial charge in [0.1, 0.15) is 0 Å². The number of nitrogens with two attached hydrogens (primary N) is 2. The number of hydrogen-bond acceptors (Lipinski definition) is 5. The molecule has 0 atom stereocenters. The number of anilines is 1. The van der Waals surface area contributed by atoms with Crippen LogP contribution in [0.15, 0.2) is 36.7 Å². The van der Waals surface area contributed by atoms with Gasteiger partial charge in [-0.3, -0.25) is 9.59 Å². The fourth-order valence-corrected chi connectivity index (χ4v) is 1.58. The minimum atomic E-state index is -0.493. The number of nitrogens with one attached hydrogen (secondary N) is 1. The Morgan fingerprint density at radius 3 is 2.35 bits per heavy atom. The summed E-state index contributed by atoms with van der Waals surface area (Å²) >= 11 is 0. The van der Waals surface area contributed by atoms with E-state index in [1.807, 2.05) is 0 Å². The van der Waals surface area contributed by atoms with Gasteiger partial charge in [0.05, 0.1) is 0 Å². The van der Waals surface area contributed by atoms with Crippen LogP contribution >= 0.6 is 0 Å². The summed E-state index contributed by atoms with van der Waals surface area (Å²) in [6.07, 6.45) is 2.81. The van der Waals surface area contributed by atoms with Gasteiger partial charge in [0.15, 0.2) is 11.5 Å². The highest BCUT2D eigenvalue weighted by Crippen LogP contribution is 2.06. The molecule has 7 heteroatoms. The molecule has 1 aromatic heterocycles. The standard InChI is InChI=1S/C13H13N5O2/c14-11-10(16-5-6-17-11)13(20)18-7-8-1-3-9(4-2-8)12(15)19/h1-6H,7H2,(H2,14,17)(H2,15,19)(H,18,20). The minimum Gasteiger partial charge on any atom is -0.382 e. The van der Waals surface area contributed by atoms with E-state index < -0.39 is 11.8 Å². The Kier molecular flexibility index (Phi) is 3.90. The Hall–Kier alpha value is -2.96. The number of primary amides is 1. The first-order valence-corrected chi connectivity index (χ1v) is 5.81. The number of hydrogen-bond donors (Lipinski definition) is 3. The average molecular weight is 271 g/mol. The first-order valence-electron chi connectivity index (χ1n) is 5.81. The smallest absolute Gasteiger partial charge is 0.273 e. The molecule has 0 unspecified atom stereocenters. The van der Waals surface area contributed by atoms with Crippen LogP contribution in [-0.2, 0) is 6.54 Å². The Labute approximate surface area is 115 Å². The Morgan fingerprint density at radius 1 is 1.10 bits per heavy atom. The van der Waals surface area contributed by atoms with E-state index in [4.69, 9.17) is 11.5 Å². The lowest BCUT2D eigenvalue weighted by molar-refractivity contribution is 0.0945. The predicted molar refractivity (Wildman–Crippen MR) is 72.6 cm³/mol. The molecule has 0 aliphatic rings. The zero-order valence-electron chi connectivity index (χ0n) is 10.5. The van der Waals surface area contributed by atoms with Crippen LogP contribution in [0.25, 0.3) is 0 Å². The molecule has 0 saturated heterocycles. The van der Waals surface area contributed by atoms with Gasteiger partial charge in [-0.05, 0) is 17.7 Å². The third kappa shape index (κ3) is 3.08. The molecule has 0 fully saturated rings. The van der Waals surface area contributed by atoms with Gasteiger partial charge in [-0.25, -0.2) is 9.97 Å². The molecule has 0 aliphatic heterocycles. The van der Waals surface area contributed by atoms with Crippen LogP contribution in [0.2, 0.25) is 0 Å². The molecule has 0 spiro atoms. The van der Waals surface area contributed by atoms with E-state index in [1.54, 1.807) is 24.3 Å². The molecule has 2 amide bonds. The number of carbonyl (C=O) groups is 2. The average Bonchev–Trinajstić information content (AvgIpc) is 2.45. The summed E-state index contributed by atoms with van der Waals surface area (Å²) in [7, 11) is 0. The highest BCUT2D eigenvalue weighted by Gasteiger charge is 2.11. The first-order chi connectivity index (χ1) is 9.58. The van der Waals surface area contributed by atoms with E-state index in [0.717, 1.165) is 5.56 Å². The van der Waals surface area contributed by atoms with Crippen molar-refractivity contribution in [3.63, 3.8) is 0 Å². The fraction of sp³-hybridized carbons (Fsp3) is 0.0769. The van der Waals surface area contributed by atoms with Crippen molar-refractivity contribution in [1.82, 2.24) is 15.3 Å². The molecular weight excluding hydrogens is 258 g/mol. The molecule has 0 aliphatic carbocycles. The summed E-state index contributed by atoms with van der Waals surface area (Å²) in [5, 5.41) is 2.67. The van der Waals surface area contributed by atoms with Crippen molar-refractivity contribution in [3.8, 4) is 0 Å². The highest BCUT2D eigenvalue weighted by atomic mass is 16.2. The third-order valence-electron chi connectivity index (χ3n) is 2.63. The maximum atomic E-state index is 11.8. The van der Waals surface area contributed by atoms with Crippen molar-refractivity contribution >= 4 is 17.6 Å². The summed E-state index contributed by atoms with van der Waals surface area (Å²) in [5.74, 6) is -0.823. The number of amides is 2. The zero-order chi connectivity index (χ0) is 14.5. The van der Waals surface area contributed by atoms with Crippen LogP contribution in [0.1, 0.15) is 26.4 Å². The quantitative estimate of drug-likeness (QED) is 0.726. The van der Waals surface area contributed by atoms with E-state index in [1.165, 1.54) is 12.4 Å². The Morgan fingerprint density at radius 2 is 1.75 bits per heavy atom. The van der Waals surface area contributed by atoms with Crippen LogP contribution in [0.3, 0.4) is 0 Å². The number of rotatable bonds is 4. The molecule has 5 N–H and O–H groups in total. The second-order valence-electron chi connectivity index (χ2n) is 4.03. The molecule has 7 nitrogen and oxygen atoms in total. The molecule has 1 aromatic carbocycles. The van der Waals surface area contributed by atoms with E-state index >= 15 is 0 Å². The summed E-state index contributed by atoms with van der Waals surface area (Å²) in [4.78, 5) is 30.4. The van der Waals surface area contributed by atoms with Gasteiger partial charge in [-0.2, -0.15) is 0 Å². The molecule has 20 heavy (non-hydrogen) atoms.